The van der Waals surface area contributed by atoms with E-state index in [4.69, 9.17) is 9.52 Å². The van der Waals surface area contributed by atoms with Crippen molar-refractivity contribution in [3.63, 3.8) is 0 Å². The van der Waals surface area contributed by atoms with E-state index >= 15 is 0 Å². The van der Waals surface area contributed by atoms with Crippen molar-refractivity contribution in [2.45, 2.75) is 47.0 Å². The lowest BCUT2D eigenvalue weighted by Gasteiger charge is -2.24. The van der Waals surface area contributed by atoms with E-state index < -0.39 is 0 Å². The molecule has 1 rings (SSSR count). The quantitative estimate of drug-likeness (QED) is 0.803. The monoisotopic (exact) mass is 268 g/mol. The third-order valence-electron chi connectivity index (χ3n) is 3.32. The van der Waals surface area contributed by atoms with Crippen molar-refractivity contribution in [3.8, 4) is 0 Å². The Morgan fingerprint density at radius 1 is 1.47 bits per heavy atom. The van der Waals surface area contributed by atoms with Gasteiger partial charge >= 0.3 is 0 Å². The van der Waals surface area contributed by atoms with E-state index in [0.717, 1.165) is 0 Å². The zero-order valence-electron chi connectivity index (χ0n) is 12.4. The number of aromatic nitrogens is 1. The van der Waals surface area contributed by atoms with Crippen LogP contribution < -0.4 is 5.32 Å². The molecule has 1 aromatic heterocycles. The van der Waals surface area contributed by atoms with E-state index in [1.807, 2.05) is 6.92 Å². The van der Waals surface area contributed by atoms with Gasteiger partial charge in [0.05, 0.1) is 0 Å². The molecular formula is C14H24N2O3. The molecule has 0 spiro atoms. The van der Waals surface area contributed by atoms with E-state index in [2.05, 4.69) is 31.1 Å². The van der Waals surface area contributed by atoms with Crippen LogP contribution in [0.4, 0.5) is 0 Å². The van der Waals surface area contributed by atoms with Crippen molar-refractivity contribution in [2.75, 3.05) is 13.2 Å². The molecule has 0 radical (unpaired) electrons. The van der Waals surface area contributed by atoms with Crippen LogP contribution >= 0.6 is 0 Å². The fraction of sp³-hybridized carbons (Fsp3) is 0.714. The first kappa shape index (κ1) is 15.7. The number of aliphatic hydroxyl groups excluding tert-OH is 1. The van der Waals surface area contributed by atoms with Gasteiger partial charge in [0.25, 0.3) is 5.91 Å². The summed E-state index contributed by atoms with van der Waals surface area (Å²) in [5.74, 6) is 1.01. The van der Waals surface area contributed by atoms with Crippen molar-refractivity contribution >= 4 is 5.91 Å². The van der Waals surface area contributed by atoms with Crippen LogP contribution in [0.25, 0.3) is 0 Å². The van der Waals surface area contributed by atoms with E-state index in [1.54, 1.807) is 6.92 Å². The summed E-state index contributed by atoms with van der Waals surface area (Å²) in [6.07, 6.45) is 0.536. The molecular weight excluding hydrogens is 244 g/mol. The maximum atomic E-state index is 11.9. The van der Waals surface area contributed by atoms with Gasteiger partial charge in [0.1, 0.15) is 5.76 Å². The number of rotatable bonds is 5. The summed E-state index contributed by atoms with van der Waals surface area (Å²) in [7, 11) is 0. The Bertz CT molecular complexity index is 432. The SMILES string of the molecule is Cc1oc(C(C)C(C)(C)C)nc1C(=O)NCCCO. The number of nitrogens with zero attached hydrogens (tertiary/aromatic N) is 1. The van der Waals surface area contributed by atoms with E-state index in [0.29, 0.717) is 30.3 Å². The van der Waals surface area contributed by atoms with Gasteiger partial charge in [0, 0.05) is 19.1 Å². The maximum Gasteiger partial charge on any atom is 0.273 e. The second-order valence-electron chi connectivity index (χ2n) is 5.88. The molecule has 1 heterocycles. The summed E-state index contributed by atoms with van der Waals surface area (Å²) < 4.78 is 5.61. The Labute approximate surface area is 114 Å². The normalized spacial score (nSPS) is 13.4. The fourth-order valence-electron chi connectivity index (χ4n) is 1.55. The molecule has 1 aromatic rings. The van der Waals surface area contributed by atoms with Gasteiger partial charge in [0.15, 0.2) is 11.6 Å². The first-order valence-electron chi connectivity index (χ1n) is 6.63. The topological polar surface area (TPSA) is 75.4 Å². The van der Waals surface area contributed by atoms with Gasteiger partial charge in [0.2, 0.25) is 0 Å². The van der Waals surface area contributed by atoms with Crippen LogP contribution in [0.3, 0.4) is 0 Å². The molecule has 2 N–H and O–H groups in total. The molecule has 0 saturated carbocycles. The zero-order valence-corrected chi connectivity index (χ0v) is 12.4. The minimum Gasteiger partial charge on any atom is -0.445 e. The van der Waals surface area contributed by atoms with Gasteiger partial charge in [-0.1, -0.05) is 27.7 Å². The van der Waals surface area contributed by atoms with Crippen LogP contribution in [0, 0.1) is 12.3 Å². The number of aryl methyl sites for hydroxylation is 1. The van der Waals surface area contributed by atoms with E-state index in [1.165, 1.54) is 0 Å². The minimum atomic E-state index is -0.248. The molecule has 0 fully saturated rings. The lowest BCUT2D eigenvalue weighted by molar-refractivity contribution is 0.0945. The molecule has 1 atom stereocenters. The molecule has 1 unspecified atom stereocenters. The summed E-state index contributed by atoms with van der Waals surface area (Å²) in [6, 6.07) is 0. The van der Waals surface area contributed by atoms with Gasteiger partial charge in [-0.3, -0.25) is 4.79 Å². The zero-order chi connectivity index (χ0) is 14.6. The largest absolute Gasteiger partial charge is 0.445 e. The molecule has 0 saturated heterocycles. The molecule has 0 aliphatic heterocycles. The number of hydrogen-bond donors (Lipinski definition) is 2. The van der Waals surface area contributed by atoms with Crippen molar-refractivity contribution in [1.29, 1.82) is 0 Å². The van der Waals surface area contributed by atoms with Crippen LogP contribution in [-0.2, 0) is 0 Å². The Hall–Kier alpha value is -1.36. The third kappa shape index (κ3) is 4.06. The number of nitrogens with one attached hydrogen (secondary N) is 1. The lowest BCUT2D eigenvalue weighted by Crippen LogP contribution is -2.26. The predicted octanol–water partition coefficient (Wildman–Crippen LogP) is 2.24. The minimum absolute atomic E-state index is 0.0297. The molecule has 5 heteroatoms. The van der Waals surface area contributed by atoms with Gasteiger partial charge in [-0.25, -0.2) is 4.98 Å². The number of oxazole rings is 1. The molecule has 0 aliphatic carbocycles. The Balaban J connectivity index is 2.82. The first-order chi connectivity index (χ1) is 8.77. The lowest BCUT2D eigenvalue weighted by atomic mass is 9.82. The van der Waals surface area contributed by atoms with Gasteiger partial charge < -0.3 is 14.8 Å². The summed E-state index contributed by atoms with van der Waals surface area (Å²) in [6.45, 7) is 10.6. The van der Waals surface area contributed by atoms with Gasteiger partial charge in [-0.2, -0.15) is 0 Å². The number of amides is 1. The van der Waals surface area contributed by atoms with Crippen molar-refractivity contribution < 1.29 is 14.3 Å². The van der Waals surface area contributed by atoms with Crippen LogP contribution in [0.1, 0.15) is 62.2 Å². The van der Waals surface area contributed by atoms with Crippen molar-refractivity contribution in [3.05, 3.63) is 17.3 Å². The van der Waals surface area contributed by atoms with E-state index in [9.17, 15) is 4.79 Å². The maximum absolute atomic E-state index is 11.9. The molecule has 19 heavy (non-hydrogen) atoms. The Morgan fingerprint density at radius 3 is 2.63 bits per heavy atom. The second kappa shape index (κ2) is 6.19. The van der Waals surface area contributed by atoms with E-state index in [-0.39, 0.29) is 23.8 Å². The summed E-state index contributed by atoms with van der Waals surface area (Å²) in [5.41, 5.74) is 0.367. The summed E-state index contributed by atoms with van der Waals surface area (Å²) in [5, 5.41) is 11.4. The van der Waals surface area contributed by atoms with Crippen LogP contribution in [0.15, 0.2) is 4.42 Å². The standard InChI is InChI=1S/C14H24N2O3/c1-9(14(3,4)5)13-16-11(10(2)19-13)12(18)15-7-6-8-17/h9,17H,6-8H2,1-5H3,(H,15,18). The molecule has 5 nitrogen and oxygen atoms in total. The third-order valence-corrected chi connectivity index (χ3v) is 3.32. The summed E-state index contributed by atoms with van der Waals surface area (Å²) >= 11 is 0. The van der Waals surface area contributed by atoms with Gasteiger partial charge in [-0.15, -0.1) is 0 Å². The number of carbonyl (C=O) groups is 1. The second-order valence-corrected chi connectivity index (χ2v) is 5.88. The first-order valence-corrected chi connectivity index (χ1v) is 6.63. The number of aliphatic hydroxyl groups is 1. The average Bonchev–Trinajstić information content (AvgIpc) is 2.69. The van der Waals surface area contributed by atoms with Crippen molar-refractivity contribution in [1.82, 2.24) is 10.3 Å². The van der Waals surface area contributed by atoms with Gasteiger partial charge in [-0.05, 0) is 18.8 Å². The molecule has 0 aliphatic rings. The average molecular weight is 268 g/mol. The molecule has 0 aromatic carbocycles. The highest BCUT2D eigenvalue weighted by molar-refractivity contribution is 5.93. The smallest absolute Gasteiger partial charge is 0.273 e. The predicted molar refractivity (Wildman–Crippen MR) is 73.1 cm³/mol. The Kier molecular flexibility index (Phi) is 5.11. The van der Waals surface area contributed by atoms with Crippen LogP contribution in [0.2, 0.25) is 0 Å². The summed E-state index contributed by atoms with van der Waals surface area (Å²) in [4.78, 5) is 16.2. The van der Waals surface area contributed by atoms with Crippen LogP contribution in [0.5, 0.6) is 0 Å². The molecule has 0 bridgehead atoms. The number of carbonyl (C=O) groups excluding carboxylic acids is 1. The molecule has 1 amide bonds. The van der Waals surface area contributed by atoms with Crippen molar-refractivity contribution in [2.24, 2.45) is 5.41 Å². The Morgan fingerprint density at radius 2 is 2.11 bits per heavy atom. The highest BCUT2D eigenvalue weighted by Crippen LogP contribution is 2.34. The fourth-order valence-corrected chi connectivity index (χ4v) is 1.55. The highest BCUT2D eigenvalue weighted by atomic mass is 16.4. The number of hydrogen-bond acceptors (Lipinski definition) is 4. The van der Waals surface area contributed by atoms with Crippen LogP contribution in [-0.4, -0.2) is 29.1 Å². The molecule has 108 valence electrons. The highest BCUT2D eigenvalue weighted by Gasteiger charge is 2.28.